The molecule has 0 unspecified atom stereocenters. The lowest BCUT2D eigenvalue weighted by atomic mass is 10.1. The second-order valence-corrected chi connectivity index (χ2v) is 3.83. The summed E-state index contributed by atoms with van der Waals surface area (Å²) in [6.07, 6.45) is 0.410. The number of carbonyl (C=O) groups is 1. The summed E-state index contributed by atoms with van der Waals surface area (Å²) in [5.74, 6) is -1.61. The van der Waals surface area contributed by atoms with Crippen molar-refractivity contribution in [3.05, 3.63) is 28.5 Å². The minimum Gasteiger partial charge on any atom is -0.505 e. The van der Waals surface area contributed by atoms with E-state index in [0.717, 1.165) is 0 Å². The van der Waals surface area contributed by atoms with Crippen LogP contribution in [0.15, 0.2) is 12.1 Å². The molecule has 0 fully saturated rings. The van der Waals surface area contributed by atoms with Gasteiger partial charge in [-0.3, -0.25) is 4.98 Å². The molecule has 0 radical (unpaired) electrons. The van der Waals surface area contributed by atoms with Gasteiger partial charge in [0, 0.05) is 0 Å². The Hall–Kier alpha value is -1.88. The maximum absolute atomic E-state index is 11.1. The van der Waals surface area contributed by atoms with Gasteiger partial charge in [0.1, 0.15) is 16.2 Å². The van der Waals surface area contributed by atoms with Crippen LogP contribution < -0.4 is 0 Å². The van der Waals surface area contributed by atoms with Crippen molar-refractivity contribution in [1.82, 2.24) is 9.97 Å². The fourth-order valence-electron chi connectivity index (χ4n) is 1.63. The Kier molecular flexibility index (Phi) is 2.85. The monoisotopic (exact) mass is 252 g/mol. The Morgan fingerprint density at radius 2 is 2.12 bits per heavy atom. The molecule has 0 aliphatic rings. The fourth-order valence-corrected chi connectivity index (χ4v) is 1.78. The number of aromatic nitrogens is 2. The van der Waals surface area contributed by atoms with Crippen LogP contribution in [0, 0.1) is 0 Å². The SMILES string of the molecule is CCc1nc2ccc(Cl)nc2c(O)c1C(=O)O. The van der Waals surface area contributed by atoms with E-state index < -0.39 is 5.97 Å². The first-order chi connectivity index (χ1) is 8.04. The van der Waals surface area contributed by atoms with Crippen LogP contribution >= 0.6 is 11.6 Å². The third-order valence-electron chi connectivity index (χ3n) is 2.39. The number of nitrogens with zero attached hydrogens (tertiary/aromatic N) is 2. The first-order valence-electron chi connectivity index (χ1n) is 4.96. The molecule has 2 heterocycles. The summed E-state index contributed by atoms with van der Waals surface area (Å²) >= 11 is 5.70. The minimum absolute atomic E-state index is 0.104. The van der Waals surface area contributed by atoms with Gasteiger partial charge >= 0.3 is 5.97 Å². The lowest BCUT2D eigenvalue weighted by molar-refractivity contribution is 0.0692. The van der Waals surface area contributed by atoms with Gasteiger partial charge in [0.15, 0.2) is 5.75 Å². The van der Waals surface area contributed by atoms with Gasteiger partial charge in [-0.15, -0.1) is 0 Å². The maximum atomic E-state index is 11.1. The standard InChI is InChI=1S/C11H9ClN2O3/c1-2-5-8(11(16)17)10(15)9-6(13-5)3-4-7(12)14-9/h3-4H,2H2,1H3,(H,13,15)(H,16,17). The van der Waals surface area contributed by atoms with Crippen LogP contribution in [-0.2, 0) is 6.42 Å². The summed E-state index contributed by atoms with van der Waals surface area (Å²) in [5.41, 5.74) is 0.641. The molecular weight excluding hydrogens is 244 g/mol. The third-order valence-corrected chi connectivity index (χ3v) is 2.60. The number of rotatable bonds is 2. The Balaban J connectivity index is 2.88. The number of aryl methyl sites for hydroxylation is 1. The van der Waals surface area contributed by atoms with Crippen LogP contribution in [0.25, 0.3) is 11.0 Å². The summed E-state index contributed by atoms with van der Waals surface area (Å²) in [7, 11) is 0. The molecular formula is C11H9ClN2O3. The number of carboxylic acids is 1. The highest BCUT2D eigenvalue weighted by Gasteiger charge is 2.20. The highest BCUT2D eigenvalue weighted by atomic mass is 35.5. The van der Waals surface area contributed by atoms with E-state index in [0.29, 0.717) is 17.6 Å². The maximum Gasteiger partial charge on any atom is 0.341 e. The predicted molar refractivity (Wildman–Crippen MR) is 62.6 cm³/mol. The second kappa shape index (κ2) is 4.18. The van der Waals surface area contributed by atoms with E-state index in [4.69, 9.17) is 16.7 Å². The van der Waals surface area contributed by atoms with Crippen LogP contribution in [0.4, 0.5) is 0 Å². The van der Waals surface area contributed by atoms with Crippen molar-refractivity contribution in [2.75, 3.05) is 0 Å². The van der Waals surface area contributed by atoms with Gasteiger partial charge in [-0.05, 0) is 18.6 Å². The van der Waals surface area contributed by atoms with Gasteiger partial charge in [0.25, 0.3) is 0 Å². The Morgan fingerprint density at radius 3 is 2.71 bits per heavy atom. The van der Waals surface area contributed by atoms with Crippen LogP contribution in [0.2, 0.25) is 5.15 Å². The van der Waals surface area contributed by atoms with E-state index in [9.17, 15) is 9.90 Å². The molecule has 6 heteroatoms. The average Bonchev–Trinajstić information content (AvgIpc) is 2.29. The van der Waals surface area contributed by atoms with Gasteiger partial charge in [0.2, 0.25) is 0 Å². The van der Waals surface area contributed by atoms with Gasteiger partial charge < -0.3 is 10.2 Å². The number of aromatic hydroxyl groups is 1. The van der Waals surface area contributed by atoms with Crippen molar-refractivity contribution in [3.63, 3.8) is 0 Å². The largest absolute Gasteiger partial charge is 0.505 e. The molecule has 0 bridgehead atoms. The molecule has 5 nitrogen and oxygen atoms in total. The molecule has 0 amide bonds. The zero-order valence-electron chi connectivity index (χ0n) is 8.94. The molecule has 0 aromatic carbocycles. The summed E-state index contributed by atoms with van der Waals surface area (Å²) in [6.45, 7) is 1.77. The second-order valence-electron chi connectivity index (χ2n) is 3.44. The number of aromatic carboxylic acids is 1. The van der Waals surface area contributed by atoms with Gasteiger partial charge in [-0.1, -0.05) is 18.5 Å². The van der Waals surface area contributed by atoms with Crippen molar-refractivity contribution >= 4 is 28.6 Å². The first kappa shape index (κ1) is 11.6. The van der Waals surface area contributed by atoms with Crippen molar-refractivity contribution < 1.29 is 15.0 Å². The zero-order chi connectivity index (χ0) is 12.6. The Labute approximate surface area is 102 Å². The minimum atomic E-state index is -1.23. The lowest BCUT2D eigenvalue weighted by Crippen LogP contribution is -2.06. The van der Waals surface area contributed by atoms with Crippen molar-refractivity contribution in [3.8, 4) is 5.75 Å². The quantitative estimate of drug-likeness (QED) is 0.801. The van der Waals surface area contributed by atoms with E-state index in [1.807, 2.05) is 0 Å². The zero-order valence-corrected chi connectivity index (χ0v) is 9.69. The van der Waals surface area contributed by atoms with Crippen molar-refractivity contribution in [2.45, 2.75) is 13.3 Å². The lowest BCUT2D eigenvalue weighted by Gasteiger charge is -2.08. The van der Waals surface area contributed by atoms with E-state index in [-0.39, 0.29) is 22.0 Å². The highest BCUT2D eigenvalue weighted by molar-refractivity contribution is 6.29. The predicted octanol–water partition coefficient (Wildman–Crippen LogP) is 2.25. The number of hydrogen-bond donors (Lipinski definition) is 2. The molecule has 88 valence electrons. The van der Waals surface area contributed by atoms with E-state index in [1.54, 1.807) is 13.0 Å². The van der Waals surface area contributed by atoms with E-state index in [2.05, 4.69) is 9.97 Å². The summed E-state index contributed by atoms with van der Waals surface area (Å²) in [6, 6.07) is 3.13. The van der Waals surface area contributed by atoms with Gasteiger partial charge in [0.05, 0.1) is 11.2 Å². The summed E-state index contributed by atoms with van der Waals surface area (Å²) < 4.78 is 0. The third kappa shape index (κ3) is 1.89. The summed E-state index contributed by atoms with van der Waals surface area (Å²) in [4.78, 5) is 19.1. The van der Waals surface area contributed by atoms with Crippen LogP contribution in [-0.4, -0.2) is 26.2 Å². The summed E-state index contributed by atoms with van der Waals surface area (Å²) in [5, 5.41) is 19.1. The smallest absolute Gasteiger partial charge is 0.341 e. The number of hydrogen-bond acceptors (Lipinski definition) is 4. The molecule has 0 atom stereocenters. The number of pyridine rings is 2. The van der Waals surface area contributed by atoms with E-state index >= 15 is 0 Å². The average molecular weight is 253 g/mol. The normalized spacial score (nSPS) is 10.7. The number of fused-ring (bicyclic) bond motifs is 1. The van der Waals surface area contributed by atoms with Gasteiger partial charge in [-0.2, -0.15) is 0 Å². The Bertz CT molecular complexity index is 613. The van der Waals surface area contributed by atoms with Crippen molar-refractivity contribution in [1.29, 1.82) is 0 Å². The van der Waals surface area contributed by atoms with Crippen LogP contribution in [0.3, 0.4) is 0 Å². The van der Waals surface area contributed by atoms with Gasteiger partial charge in [-0.25, -0.2) is 9.78 Å². The molecule has 2 aromatic rings. The molecule has 0 spiro atoms. The topological polar surface area (TPSA) is 83.3 Å². The van der Waals surface area contributed by atoms with Crippen LogP contribution in [0.5, 0.6) is 5.75 Å². The molecule has 0 saturated heterocycles. The molecule has 0 aliphatic heterocycles. The molecule has 0 saturated carbocycles. The molecule has 0 aliphatic carbocycles. The Morgan fingerprint density at radius 1 is 1.41 bits per heavy atom. The molecule has 17 heavy (non-hydrogen) atoms. The number of carboxylic acid groups (broad SMARTS) is 1. The molecule has 2 N–H and O–H groups in total. The highest BCUT2D eigenvalue weighted by Crippen LogP contribution is 2.29. The number of halogens is 1. The first-order valence-corrected chi connectivity index (χ1v) is 5.33. The van der Waals surface area contributed by atoms with Crippen molar-refractivity contribution in [2.24, 2.45) is 0 Å². The van der Waals surface area contributed by atoms with E-state index in [1.165, 1.54) is 6.07 Å². The molecule has 2 aromatic heterocycles. The molecule has 2 rings (SSSR count). The fraction of sp³-hybridized carbons (Fsp3) is 0.182. The van der Waals surface area contributed by atoms with Crippen LogP contribution in [0.1, 0.15) is 23.0 Å².